The molecule has 0 fully saturated rings. The van der Waals surface area contributed by atoms with Gasteiger partial charge in [0.05, 0.1) is 26.1 Å². The molecule has 0 unspecified atom stereocenters. The summed E-state index contributed by atoms with van der Waals surface area (Å²) in [6.45, 7) is 0.712. The summed E-state index contributed by atoms with van der Waals surface area (Å²) in [5.74, 6) is 2.16. The highest BCUT2D eigenvalue weighted by Crippen LogP contribution is 2.27. The number of anilines is 3. The molecule has 29 heavy (non-hydrogen) atoms. The number of nitrogens with one attached hydrogen (secondary N) is 3. The van der Waals surface area contributed by atoms with Crippen LogP contribution < -0.4 is 25.4 Å². The molecular weight excluding hydrogens is 368 g/mol. The van der Waals surface area contributed by atoms with Crippen LogP contribution in [0.15, 0.2) is 66.9 Å². The Morgan fingerprint density at radius 1 is 0.897 bits per heavy atom. The summed E-state index contributed by atoms with van der Waals surface area (Å²) in [6, 6.07) is 18.4. The van der Waals surface area contributed by atoms with Crippen molar-refractivity contribution < 1.29 is 14.3 Å². The maximum Gasteiger partial charge on any atom is 0.323 e. The van der Waals surface area contributed by atoms with Gasteiger partial charge in [-0.15, -0.1) is 0 Å². The number of methoxy groups -OCH3 is 2. The van der Waals surface area contributed by atoms with Crippen molar-refractivity contribution in [3.8, 4) is 11.5 Å². The molecule has 2 amide bonds. The normalized spacial score (nSPS) is 10.1. The zero-order valence-electron chi connectivity index (χ0n) is 16.4. The fourth-order valence-corrected chi connectivity index (χ4v) is 2.76. The Morgan fingerprint density at radius 2 is 1.66 bits per heavy atom. The van der Waals surface area contributed by atoms with Crippen LogP contribution in [-0.2, 0) is 6.42 Å². The van der Waals surface area contributed by atoms with Gasteiger partial charge in [-0.25, -0.2) is 9.78 Å². The molecule has 7 nitrogen and oxygen atoms in total. The topological polar surface area (TPSA) is 84.5 Å². The van der Waals surface area contributed by atoms with Crippen molar-refractivity contribution in [2.75, 3.05) is 36.7 Å². The SMILES string of the molecule is COc1ccc(CCNc2ccc(NC(=O)Nc3ccccc3)cn2)cc1OC. The molecule has 3 rings (SSSR count). The van der Waals surface area contributed by atoms with Crippen molar-refractivity contribution in [2.45, 2.75) is 6.42 Å². The molecule has 1 aromatic heterocycles. The lowest BCUT2D eigenvalue weighted by molar-refractivity contribution is 0.262. The molecular formula is C22H24N4O3. The van der Waals surface area contributed by atoms with Gasteiger partial charge in [0.25, 0.3) is 0 Å². The van der Waals surface area contributed by atoms with E-state index in [1.54, 1.807) is 26.5 Å². The average molecular weight is 392 g/mol. The largest absolute Gasteiger partial charge is 0.493 e. The van der Waals surface area contributed by atoms with E-state index < -0.39 is 0 Å². The summed E-state index contributed by atoms with van der Waals surface area (Å²) in [4.78, 5) is 16.3. The third kappa shape index (κ3) is 5.87. The number of urea groups is 1. The first kappa shape index (κ1) is 20.0. The molecule has 1 heterocycles. The van der Waals surface area contributed by atoms with Crippen LogP contribution in [0.5, 0.6) is 11.5 Å². The number of aromatic nitrogens is 1. The molecule has 150 valence electrons. The fourth-order valence-electron chi connectivity index (χ4n) is 2.76. The molecule has 3 N–H and O–H groups in total. The molecule has 0 saturated carbocycles. The van der Waals surface area contributed by atoms with E-state index in [0.29, 0.717) is 23.7 Å². The van der Waals surface area contributed by atoms with Crippen molar-refractivity contribution in [3.63, 3.8) is 0 Å². The second-order valence-electron chi connectivity index (χ2n) is 6.24. The zero-order chi connectivity index (χ0) is 20.5. The zero-order valence-corrected chi connectivity index (χ0v) is 16.4. The minimum atomic E-state index is -0.313. The quantitative estimate of drug-likeness (QED) is 0.529. The second-order valence-corrected chi connectivity index (χ2v) is 6.24. The third-order valence-electron chi connectivity index (χ3n) is 4.22. The summed E-state index contributed by atoms with van der Waals surface area (Å²) in [7, 11) is 3.24. The third-order valence-corrected chi connectivity index (χ3v) is 4.22. The second kappa shape index (κ2) is 9.98. The van der Waals surface area contributed by atoms with Gasteiger partial charge in [-0.3, -0.25) is 0 Å². The van der Waals surface area contributed by atoms with E-state index in [2.05, 4.69) is 20.9 Å². The van der Waals surface area contributed by atoms with E-state index in [1.807, 2.05) is 54.6 Å². The lowest BCUT2D eigenvalue weighted by atomic mass is 10.1. The van der Waals surface area contributed by atoms with Crippen LogP contribution in [0.3, 0.4) is 0 Å². The van der Waals surface area contributed by atoms with Gasteiger partial charge in [-0.1, -0.05) is 24.3 Å². The van der Waals surface area contributed by atoms with Crippen LogP contribution in [0.1, 0.15) is 5.56 Å². The maximum atomic E-state index is 12.0. The lowest BCUT2D eigenvalue weighted by Crippen LogP contribution is -2.19. The number of pyridine rings is 1. The van der Waals surface area contributed by atoms with Gasteiger partial charge in [-0.05, 0) is 48.4 Å². The van der Waals surface area contributed by atoms with E-state index in [9.17, 15) is 4.79 Å². The maximum absolute atomic E-state index is 12.0. The number of carbonyl (C=O) groups excluding carboxylic acids is 1. The van der Waals surface area contributed by atoms with E-state index in [1.165, 1.54) is 0 Å². The molecule has 3 aromatic rings. The number of hydrogen-bond donors (Lipinski definition) is 3. The van der Waals surface area contributed by atoms with E-state index >= 15 is 0 Å². The number of ether oxygens (including phenoxy) is 2. The van der Waals surface area contributed by atoms with Crippen molar-refractivity contribution >= 4 is 23.2 Å². The lowest BCUT2D eigenvalue weighted by Gasteiger charge is -2.11. The van der Waals surface area contributed by atoms with Crippen molar-refractivity contribution in [3.05, 3.63) is 72.4 Å². The highest BCUT2D eigenvalue weighted by molar-refractivity contribution is 5.99. The molecule has 0 spiro atoms. The molecule has 0 bridgehead atoms. The van der Waals surface area contributed by atoms with E-state index in [-0.39, 0.29) is 6.03 Å². The summed E-state index contributed by atoms with van der Waals surface area (Å²) >= 11 is 0. The molecule has 0 radical (unpaired) electrons. The van der Waals surface area contributed by atoms with Gasteiger partial charge in [0.1, 0.15) is 5.82 Å². The van der Waals surface area contributed by atoms with Crippen molar-refractivity contribution in [1.29, 1.82) is 0 Å². The van der Waals surface area contributed by atoms with Gasteiger partial charge in [-0.2, -0.15) is 0 Å². The molecule has 0 saturated heterocycles. The van der Waals surface area contributed by atoms with Gasteiger partial charge in [0, 0.05) is 12.2 Å². The number of nitrogens with zero attached hydrogens (tertiary/aromatic N) is 1. The summed E-state index contributed by atoms with van der Waals surface area (Å²) in [6.07, 6.45) is 2.42. The predicted molar refractivity (Wildman–Crippen MR) is 115 cm³/mol. The van der Waals surface area contributed by atoms with Crippen LogP contribution >= 0.6 is 0 Å². The van der Waals surface area contributed by atoms with Gasteiger partial charge < -0.3 is 25.4 Å². The molecule has 0 atom stereocenters. The van der Waals surface area contributed by atoms with Crippen LogP contribution in [-0.4, -0.2) is 31.8 Å². The first-order valence-corrected chi connectivity index (χ1v) is 9.22. The molecule has 0 aliphatic carbocycles. The molecule has 0 aliphatic rings. The Hall–Kier alpha value is -3.74. The monoisotopic (exact) mass is 392 g/mol. The van der Waals surface area contributed by atoms with Crippen LogP contribution in [0.4, 0.5) is 22.0 Å². The predicted octanol–water partition coefficient (Wildman–Crippen LogP) is 4.40. The summed E-state index contributed by atoms with van der Waals surface area (Å²) in [5.41, 5.74) is 2.47. The summed E-state index contributed by atoms with van der Waals surface area (Å²) < 4.78 is 10.6. The number of benzene rings is 2. The van der Waals surface area contributed by atoms with E-state index in [4.69, 9.17) is 9.47 Å². The van der Waals surface area contributed by atoms with Crippen molar-refractivity contribution in [1.82, 2.24) is 4.98 Å². The Morgan fingerprint density at radius 3 is 2.34 bits per heavy atom. The highest BCUT2D eigenvalue weighted by Gasteiger charge is 2.05. The first-order chi connectivity index (χ1) is 14.2. The number of para-hydroxylation sites is 1. The van der Waals surface area contributed by atoms with Crippen LogP contribution in [0.2, 0.25) is 0 Å². The first-order valence-electron chi connectivity index (χ1n) is 9.22. The minimum absolute atomic E-state index is 0.313. The number of hydrogen-bond acceptors (Lipinski definition) is 5. The highest BCUT2D eigenvalue weighted by atomic mass is 16.5. The molecule has 2 aromatic carbocycles. The Bertz CT molecular complexity index is 931. The number of amides is 2. The minimum Gasteiger partial charge on any atom is -0.493 e. The van der Waals surface area contributed by atoms with Crippen LogP contribution in [0.25, 0.3) is 0 Å². The van der Waals surface area contributed by atoms with E-state index in [0.717, 1.165) is 23.5 Å². The Balaban J connectivity index is 1.47. The number of rotatable bonds is 8. The van der Waals surface area contributed by atoms with Crippen molar-refractivity contribution in [2.24, 2.45) is 0 Å². The van der Waals surface area contributed by atoms with Gasteiger partial charge >= 0.3 is 6.03 Å². The molecule has 7 heteroatoms. The Labute approximate surface area is 170 Å². The van der Waals surface area contributed by atoms with Gasteiger partial charge in [0.2, 0.25) is 0 Å². The summed E-state index contributed by atoms with van der Waals surface area (Å²) in [5, 5.41) is 8.79. The number of carbonyl (C=O) groups is 1. The fraction of sp³-hybridized carbons (Fsp3) is 0.182. The standard InChI is InChI=1S/C22H24N4O3/c1-28-19-10-8-16(14-20(19)29-2)12-13-23-21-11-9-18(15-24-21)26-22(27)25-17-6-4-3-5-7-17/h3-11,14-15H,12-13H2,1-2H3,(H,23,24)(H2,25,26,27). The van der Waals surface area contributed by atoms with Gasteiger partial charge in [0.15, 0.2) is 11.5 Å². The van der Waals surface area contributed by atoms with Crippen LogP contribution in [0, 0.1) is 0 Å². The Kier molecular flexibility index (Phi) is 6.89. The smallest absolute Gasteiger partial charge is 0.323 e. The average Bonchev–Trinajstić information content (AvgIpc) is 2.75. The molecule has 0 aliphatic heterocycles.